The molecule has 0 heterocycles. The topological polar surface area (TPSA) is 20.2 Å². The Kier molecular flexibility index (Phi) is 5.20. The van der Waals surface area contributed by atoms with Crippen LogP contribution in [0.4, 0.5) is 0 Å². The Morgan fingerprint density at radius 2 is 2.04 bits per heavy atom. The fourth-order valence-electron chi connectivity index (χ4n) is 5.52. The van der Waals surface area contributed by atoms with Crippen LogP contribution in [-0.2, 0) is 0 Å². The molecular weight excluding hydrogens is 292 g/mol. The summed E-state index contributed by atoms with van der Waals surface area (Å²) >= 11 is 0. The first kappa shape index (κ1) is 17.7. The molecule has 0 aliphatic heterocycles. The minimum atomic E-state index is -0.330. The Hall–Kier alpha value is -1.08. The number of hydrogen-bond donors (Lipinski definition) is 1. The summed E-state index contributed by atoms with van der Waals surface area (Å²) < 4.78 is 0. The van der Waals surface area contributed by atoms with Gasteiger partial charge in [0.2, 0.25) is 0 Å². The second-order valence-corrected chi connectivity index (χ2v) is 8.50. The second-order valence-electron chi connectivity index (χ2n) is 8.50. The molecule has 132 valence electrons. The van der Waals surface area contributed by atoms with Crippen LogP contribution in [0, 0.1) is 17.3 Å². The quantitative estimate of drug-likeness (QED) is 0.619. The number of rotatable bonds is 3. The van der Waals surface area contributed by atoms with E-state index in [1.165, 1.54) is 43.3 Å². The van der Waals surface area contributed by atoms with E-state index < -0.39 is 0 Å². The van der Waals surface area contributed by atoms with Gasteiger partial charge in [-0.2, -0.15) is 0 Å². The molecule has 0 radical (unpaired) electrons. The average molecular weight is 327 g/mol. The van der Waals surface area contributed by atoms with Crippen LogP contribution < -0.4 is 0 Å². The molecule has 0 aromatic rings. The molecule has 3 rings (SSSR count). The Morgan fingerprint density at radius 1 is 1.25 bits per heavy atom. The van der Waals surface area contributed by atoms with Gasteiger partial charge in [-0.3, -0.25) is 0 Å². The Labute approximate surface area is 148 Å². The lowest BCUT2D eigenvalue weighted by molar-refractivity contribution is 0.154. The summed E-state index contributed by atoms with van der Waals surface area (Å²) in [5.41, 5.74) is 5.94. The lowest BCUT2D eigenvalue weighted by Crippen LogP contribution is -2.33. The largest absolute Gasteiger partial charge is 0.388 e. The highest BCUT2D eigenvalue weighted by atomic mass is 16.3. The van der Waals surface area contributed by atoms with E-state index in [-0.39, 0.29) is 6.10 Å². The van der Waals surface area contributed by atoms with Gasteiger partial charge in [-0.25, -0.2) is 0 Å². The molecule has 4 unspecified atom stereocenters. The van der Waals surface area contributed by atoms with Gasteiger partial charge < -0.3 is 5.11 Å². The van der Waals surface area contributed by atoms with E-state index in [9.17, 15) is 5.11 Å². The van der Waals surface area contributed by atoms with Gasteiger partial charge in [0.15, 0.2) is 0 Å². The molecule has 0 amide bonds. The van der Waals surface area contributed by atoms with Crippen LogP contribution in [0.2, 0.25) is 0 Å². The number of allylic oxidation sites excluding steroid dienone is 4. The zero-order valence-electron chi connectivity index (χ0n) is 15.6. The van der Waals surface area contributed by atoms with Gasteiger partial charge in [0.25, 0.3) is 0 Å². The number of aliphatic hydroxyl groups excluding tert-OH is 1. The second kappa shape index (κ2) is 7.04. The van der Waals surface area contributed by atoms with E-state index in [2.05, 4.69) is 39.2 Å². The third-order valence-electron chi connectivity index (χ3n) is 7.14. The van der Waals surface area contributed by atoms with Gasteiger partial charge in [0, 0.05) is 0 Å². The van der Waals surface area contributed by atoms with Crippen molar-refractivity contribution in [1.29, 1.82) is 0 Å². The van der Waals surface area contributed by atoms with E-state index >= 15 is 0 Å². The van der Waals surface area contributed by atoms with Gasteiger partial charge >= 0.3 is 0 Å². The highest BCUT2D eigenvalue weighted by Crippen LogP contribution is 2.59. The highest BCUT2D eigenvalue weighted by molar-refractivity contribution is 5.29. The molecule has 0 saturated heterocycles. The van der Waals surface area contributed by atoms with Gasteiger partial charge in [-0.05, 0) is 80.6 Å². The van der Waals surface area contributed by atoms with E-state index in [4.69, 9.17) is 0 Å². The van der Waals surface area contributed by atoms with Crippen LogP contribution in [0.5, 0.6) is 0 Å². The molecule has 0 spiro atoms. The van der Waals surface area contributed by atoms with Crippen molar-refractivity contribution < 1.29 is 5.11 Å². The van der Waals surface area contributed by atoms with Crippen molar-refractivity contribution in [2.75, 3.05) is 0 Å². The first-order chi connectivity index (χ1) is 11.5. The van der Waals surface area contributed by atoms with Crippen molar-refractivity contribution in [3.8, 4) is 0 Å². The summed E-state index contributed by atoms with van der Waals surface area (Å²) in [6.45, 7) is 13.1. The summed E-state index contributed by atoms with van der Waals surface area (Å²) in [5, 5.41) is 10.0. The predicted octanol–water partition coefficient (Wildman–Crippen LogP) is 6.12. The zero-order valence-corrected chi connectivity index (χ0v) is 15.6. The molecule has 1 nitrogen and oxygen atoms in total. The molecule has 3 saturated carbocycles. The van der Waals surface area contributed by atoms with Crippen molar-refractivity contribution in [2.45, 2.75) is 77.7 Å². The first-order valence-electron chi connectivity index (χ1n) is 9.87. The number of aliphatic hydroxyl groups is 1. The monoisotopic (exact) mass is 326 g/mol. The van der Waals surface area contributed by atoms with E-state index in [1.54, 1.807) is 5.57 Å². The van der Waals surface area contributed by atoms with Crippen LogP contribution in [0.25, 0.3) is 0 Å². The predicted molar refractivity (Wildman–Crippen MR) is 103 cm³/mol. The first-order valence-corrected chi connectivity index (χ1v) is 9.87. The molecule has 3 aliphatic rings. The molecule has 0 bridgehead atoms. The summed E-state index contributed by atoms with van der Waals surface area (Å²) in [6, 6.07) is 0. The lowest BCUT2D eigenvalue weighted by atomic mass is 9.62. The van der Waals surface area contributed by atoms with Gasteiger partial charge in [-0.1, -0.05) is 55.9 Å². The van der Waals surface area contributed by atoms with Crippen LogP contribution in [0.3, 0.4) is 0 Å². The third kappa shape index (κ3) is 3.20. The molecular formula is C23H34O. The van der Waals surface area contributed by atoms with Crippen LogP contribution in [0.1, 0.15) is 71.6 Å². The fraction of sp³-hybridized carbons (Fsp3) is 0.652. The van der Waals surface area contributed by atoms with Crippen molar-refractivity contribution in [2.24, 2.45) is 17.3 Å². The van der Waals surface area contributed by atoms with Gasteiger partial charge in [-0.15, -0.1) is 0 Å². The number of hydrogen-bond acceptors (Lipinski definition) is 1. The molecule has 24 heavy (non-hydrogen) atoms. The van der Waals surface area contributed by atoms with Crippen molar-refractivity contribution >= 4 is 0 Å². The minimum absolute atomic E-state index is 0.330. The van der Waals surface area contributed by atoms with E-state index in [1.807, 2.05) is 0 Å². The Morgan fingerprint density at radius 3 is 2.75 bits per heavy atom. The third-order valence-corrected chi connectivity index (χ3v) is 7.14. The summed E-state index contributed by atoms with van der Waals surface area (Å²) in [5.74, 6) is 1.45. The SMILES string of the molecule is C=C1CC/C(=C/C=C2\CCCC3(C)C(C(=C)CC)CCC23)CC1O. The fourth-order valence-corrected chi connectivity index (χ4v) is 5.52. The van der Waals surface area contributed by atoms with Crippen molar-refractivity contribution in [1.82, 2.24) is 0 Å². The normalized spacial score (nSPS) is 40.1. The molecule has 0 aromatic heterocycles. The smallest absolute Gasteiger partial charge is 0.0784 e. The molecule has 4 atom stereocenters. The van der Waals surface area contributed by atoms with Crippen LogP contribution in [0.15, 0.2) is 47.6 Å². The van der Waals surface area contributed by atoms with E-state index in [0.29, 0.717) is 11.3 Å². The van der Waals surface area contributed by atoms with Crippen LogP contribution in [-0.4, -0.2) is 11.2 Å². The molecule has 3 aliphatic carbocycles. The maximum Gasteiger partial charge on any atom is 0.0784 e. The summed E-state index contributed by atoms with van der Waals surface area (Å²) in [7, 11) is 0. The highest BCUT2D eigenvalue weighted by Gasteiger charge is 2.49. The maximum atomic E-state index is 10.0. The molecule has 1 heteroatoms. The molecule has 1 N–H and O–H groups in total. The van der Waals surface area contributed by atoms with Crippen LogP contribution >= 0.6 is 0 Å². The van der Waals surface area contributed by atoms with Crippen molar-refractivity contribution in [3.63, 3.8) is 0 Å². The van der Waals surface area contributed by atoms with Crippen molar-refractivity contribution in [3.05, 3.63) is 47.6 Å². The van der Waals surface area contributed by atoms with E-state index in [0.717, 1.165) is 37.2 Å². The maximum absolute atomic E-state index is 10.0. The summed E-state index contributed by atoms with van der Waals surface area (Å²) in [4.78, 5) is 0. The Bertz CT molecular complexity index is 579. The molecule has 0 aromatic carbocycles. The van der Waals surface area contributed by atoms with Gasteiger partial charge in [0.05, 0.1) is 6.10 Å². The number of fused-ring (bicyclic) bond motifs is 1. The Balaban J connectivity index is 1.77. The molecule has 3 fully saturated rings. The zero-order chi connectivity index (χ0) is 17.3. The summed E-state index contributed by atoms with van der Waals surface area (Å²) in [6.07, 6.45) is 14.9. The standard InChI is InChI=1S/C23H34O/c1-5-16(2)20-12-13-21-19(7-6-14-23(20,21)4)11-10-18-9-8-17(3)22(24)15-18/h10-11,20-22,24H,2-3,5-9,12-15H2,1,4H3/b18-10-,19-11+. The van der Waals surface area contributed by atoms with Gasteiger partial charge in [0.1, 0.15) is 0 Å². The minimum Gasteiger partial charge on any atom is -0.388 e. The lowest BCUT2D eigenvalue weighted by Gasteiger charge is -2.43. The average Bonchev–Trinajstić information content (AvgIpc) is 2.92.